The van der Waals surface area contributed by atoms with E-state index >= 15 is 0 Å². The summed E-state index contributed by atoms with van der Waals surface area (Å²) >= 11 is 8.21. The van der Waals surface area contributed by atoms with Gasteiger partial charge in [0.25, 0.3) is 5.56 Å². The fourth-order valence-corrected chi connectivity index (χ4v) is 6.73. The van der Waals surface area contributed by atoms with Crippen molar-refractivity contribution in [1.82, 2.24) is 9.55 Å². The van der Waals surface area contributed by atoms with Gasteiger partial charge in [0.15, 0.2) is 5.16 Å². The number of alkyl halides is 3. The fourth-order valence-electron chi connectivity index (χ4n) is 4.39. The quantitative estimate of drug-likeness (QED) is 0.202. The number of halogens is 4. The molecule has 2 heterocycles. The van der Waals surface area contributed by atoms with Gasteiger partial charge in [0.2, 0.25) is 5.91 Å². The smallest absolute Gasteiger partial charge is 0.417 e. The third kappa shape index (κ3) is 5.27. The van der Waals surface area contributed by atoms with Crippen LogP contribution >= 0.6 is 34.7 Å². The van der Waals surface area contributed by atoms with E-state index < -0.39 is 22.7 Å². The van der Waals surface area contributed by atoms with E-state index in [0.29, 0.717) is 26.8 Å². The predicted octanol–water partition coefficient (Wildman–Crippen LogP) is 6.74. The number of rotatable bonds is 6. The van der Waals surface area contributed by atoms with Crippen LogP contribution < -0.4 is 15.6 Å². The molecule has 1 aliphatic carbocycles. The molecule has 1 aliphatic rings. The van der Waals surface area contributed by atoms with Crippen LogP contribution in [0.2, 0.25) is 5.02 Å². The highest BCUT2D eigenvalue weighted by Gasteiger charge is 2.33. The molecule has 2 aromatic heterocycles. The van der Waals surface area contributed by atoms with Gasteiger partial charge in [-0.15, -0.1) is 11.3 Å². The number of hydrogen-bond donors (Lipinski definition) is 1. The third-order valence-electron chi connectivity index (χ3n) is 6.18. The molecule has 6 nitrogen and oxygen atoms in total. The minimum absolute atomic E-state index is 0.0331. The topological polar surface area (TPSA) is 73.2 Å². The zero-order chi connectivity index (χ0) is 27.0. The molecule has 0 saturated carbocycles. The molecule has 38 heavy (non-hydrogen) atoms. The van der Waals surface area contributed by atoms with Crippen LogP contribution in [0.3, 0.4) is 0 Å². The molecule has 198 valence electrons. The van der Waals surface area contributed by atoms with Crippen LogP contribution in [0.1, 0.15) is 28.8 Å². The number of thioether (sulfide) groups is 1. The highest BCUT2D eigenvalue weighted by Crippen LogP contribution is 2.37. The Morgan fingerprint density at radius 2 is 1.92 bits per heavy atom. The van der Waals surface area contributed by atoms with Crippen LogP contribution in [0.15, 0.2) is 52.4 Å². The minimum atomic E-state index is -4.65. The minimum Gasteiger partial charge on any atom is -0.497 e. The van der Waals surface area contributed by atoms with Gasteiger partial charge >= 0.3 is 6.18 Å². The van der Waals surface area contributed by atoms with E-state index in [2.05, 4.69) is 5.32 Å². The Bertz CT molecular complexity index is 1580. The number of carbonyl (C=O) groups excluding carboxylic acids is 1. The molecule has 0 aliphatic heterocycles. The lowest BCUT2D eigenvalue weighted by Crippen LogP contribution is -2.23. The highest BCUT2D eigenvalue weighted by molar-refractivity contribution is 7.99. The number of benzene rings is 2. The van der Waals surface area contributed by atoms with Gasteiger partial charge in [-0.3, -0.25) is 14.2 Å². The number of anilines is 1. The SMILES string of the molecule is COc1ccc(-n2c(SCC(=O)Nc3ccc(Cl)c(C(F)(F)F)c3)nc3sc4c(c3c2=O)CCCC4)cc1. The molecule has 2 aromatic carbocycles. The largest absolute Gasteiger partial charge is 0.497 e. The Morgan fingerprint density at radius 1 is 1.18 bits per heavy atom. The van der Waals surface area contributed by atoms with Gasteiger partial charge in [-0.05, 0) is 73.7 Å². The maximum atomic E-state index is 13.8. The van der Waals surface area contributed by atoms with Gasteiger partial charge in [0.1, 0.15) is 10.6 Å². The van der Waals surface area contributed by atoms with E-state index in [1.807, 2.05) is 0 Å². The van der Waals surface area contributed by atoms with Crippen molar-refractivity contribution in [2.45, 2.75) is 37.0 Å². The van der Waals surface area contributed by atoms with Gasteiger partial charge in [-0.1, -0.05) is 23.4 Å². The molecule has 5 rings (SSSR count). The van der Waals surface area contributed by atoms with E-state index in [-0.39, 0.29) is 17.0 Å². The first-order chi connectivity index (χ1) is 18.2. The number of amides is 1. The number of thiophene rings is 1. The monoisotopic (exact) mass is 579 g/mol. The van der Waals surface area contributed by atoms with Crippen molar-refractivity contribution < 1.29 is 22.7 Å². The Morgan fingerprint density at radius 3 is 2.63 bits per heavy atom. The summed E-state index contributed by atoms with van der Waals surface area (Å²) in [5, 5.41) is 2.94. The molecule has 0 atom stereocenters. The van der Waals surface area contributed by atoms with Gasteiger partial charge < -0.3 is 10.1 Å². The zero-order valence-corrected chi connectivity index (χ0v) is 22.4. The summed E-state index contributed by atoms with van der Waals surface area (Å²) in [6.45, 7) is 0. The average molecular weight is 580 g/mol. The molecule has 0 radical (unpaired) electrons. The normalized spacial score (nSPS) is 13.4. The van der Waals surface area contributed by atoms with Crippen LogP contribution in [0.25, 0.3) is 15.9 Å². The molecular formula is C26H21ClF3N3O3S2. The van der Waals surface area contributed by atoms with Crippen LogP contribution in [0.4, 0.5) is 18.9 Å². The Balaban J connectivity index is 1.47. The number of nitrogens with one attached hydrogen (secondary N) is 1. The standard InChI is InChI=1S/C26H21ClF3N3O3S2/c1-36-16-9-7-15(8-10-16)33-24(35)22-17-4-2-3-5-20(17)38-23(22)32-25(33)37-13-21(34)31-14-6-11-19(27)18(12-14)26(28,29)30/h6-12H,2-5,13H2,1H3,(H,31,34). The molecule has 4 aromatic rings. The van der Waals surface area contributed by atoms with Gasteiger partial charge in [0, 0.05) is 10.6 Å². The summed E-state index contributed by atoms with van der Waals surface area (Å²) in [7, 11) is 1.55. The van der Waals surface area contributed by atoms with E-state index in [9.17, 15) is 22.8 Å². The van der Waals surface area contributed by atoms with Crippen molar-refractivity contribution >= 4 is 56.5 Å². The van der Waals surface area contributed by atoms with Crippen molar-refractivity contribution in [2.75, 3.05) is 18.2 Å². The molecule has 1 amide bonds. The second-order valence-corrected chi connectivity index (χ2v) is 11.1. The molecule has 12 heteroatoms. The van der Waals surface area contributed by atoms with Crippen molar-refractivity contribution in [2.24, 2.45) is 0 Å². The highest BCUT2D eigenvalue weighted by atomic mass is 35.5. The summed E-state index contributed by atoms with van der Waals surface area (Å²) in [4.78, 5) is 33.1. The Kier molecular flexibility index (Phi) is 7.43. The number of nitrogens with zero attached hydrogens (tertiary/aromatic N) is 2. The third-order valence-corrected chi connectivity index (χ3v) is 8.63. The first kappa shape index (κ1) is 26.6. The molecule has 1 N–H and O–H groups in total. The number of hydrogen-bond acceptors (Lipinski definition) is 6. The number of methoxy groups -OCH3 is 1. The summed E-state index contributed by atoms with van der Waals surface area (Å²) in [5.41, 5.74) is 0.334. The Labute approximate surface area is 228 Å². The van der Waals surface area contributed by atoms with Crippen molar-refractivity contribution in [3.05, 3.63) is 73.8 Å². The zero-order valence-electron chi connectivity index (χ0n) is 20.0. The van der Waals surface area contributed by atoms with E-state index in [0.717, 1.165) is 55.1 Å². The molecular weight excluding hydrogens is 559 g/mol. The fraction of sp³-hybridized carbons (Fsp3) is 0.269. The predicted molar refractivity (Wildman–Crippen MR) is 144 cm³/mol. The number of carbonyl (C=O) groups is 1. The first-order valence-corrected chi connectivity index (χ1v) is 13.8. The first-order valence-electron chi connectivity index (χ1n) is 11.7. The second-order valence-electron chi connectivity index (χ2n) is 8.65. The molecule has 0 spiro atoms. The van der Waals surface area contributed by atoms with Crippen LogP contribution in [-0.4, -0.2) is 28.3 Å². The summed E-state index contributed by atoms with van der Waals surface area (Å²) < 4.78 is 46.3. The van der Waals surface area contributed by atoms with Crippen LogP contribution in [-0.2, 0) is 23.8 Å². The lowest BCUT2D eigenvalue weighted by Gasteiger charge is -2.14. The molecule has 0 unspecified atom stereocenters. The number of ether oxygens (including phenoxy) is 1. The number of fused-ring (bicyclic) bond motifs is 3. The summed E-state index contributed by atoms with van der Waals surface area (Å²) in [6.07, 6.45) is -0.845. The molecule has 0 saturated heterocycles. The summed E-state index contributed by atoms with van der Waals surface area (Å²) in [6, 6.07) is 10.1. The van der Waals surface area contributed by atoms with E-state index in [1.165, 1.54) is 26.8 Å². The van der Waals surface area contributed by atoms with Crippen LogP contribution in [0, 0.1) is 0 Å². The maximum absolute atomic E-state index is 13.8. The van der Waals surface area contributed by atoms with E-state index in [4.69, 9.17) is 21.3 Å². The summed E-state index contributed by atoms with van der Waals surface area (Å²) in [5.74, 6) is -0.103. The Hall–Kier alpha value is -3.02. The molecule has 0 fully saturated rings. The van der Waals surface area contributed by atoms with Gasteiger partial charge in [-0.2, -0.15) is 13.2 Å². The van der Waals surface area contributed by atoms with Crippen molar-refractivity contribution in [3.8, 4) is 11.4 Å². The van der Waals surface area contributed by atoms with E-state index in [1.54, 1.807) is 31.4 Å². The lowest BCUT2D eigenvalue weighted by molar-refractivity contribution is -0.137. The lowest BCUT2D eigenvalue weighted by atomic mass is 9.97. The molecule has 0 bridgehead atoms. The number of aromatic nitrogens is 2. The number of aryl methyl sites for hydroxylation is 2. The van der Waals surface area contributed by atoms with Crippen LogP contribution in [0.5, 0.6) is 5.75 Å². The maximum Gasteiger partial charge on any atom is 0.417 e. The average Bonchev–Trinajstić information content (AvgIpc) is 3.27. The second kappa shape index (κ2) is 10.6. The van der Waals surface area contributed by atoms with Gasteiger partial charge in [-0.25, -0.2) is 4.98 Å². The van der Waals surface area contributed by atoms with Crippen molar-refractivity contribution in [1.29, 1.82) is 0 Å². The van der Waals surface area contributed by atoms with Gasteiger partial charge in [0.05, 0.1) is 34.5 Å². The van der Waals surface area contributed by atoms with Crippen molar-refractivity contribution in [3.63, 3.8) is 0 Å².